The van der Waals surface area contributed by atoms with Gasteiger partial charge in [-0.3, -0.25) is 0 Å². The number of hydrogen-bond donors (Lipinski definition) is 2. The Hall–Kier alpha value is -0.0800. The number of hydrogen-bond acceptors (Lipinski definition) is 2. The largest absolute Gasteiger partial charge is 0.396 e. The van der Waals surface area contributed by atoms with Crippen LogP contribution in [0.1, 0.15) is 46.0 Å². The molecule has 2 fully saturated rings. The van der Waals surface area contributed by atoms with E-state index in [0.29, 0.717) is 29.8 Å². The molecule has 0 aliphatic heterocycles. The van der Waals surface area contributed by atoms with E-state index in [-0.39, 0.29) is 6.10 Å². The second-order valence-electron chi connectivity index (χ2n) is 5.92. The number of aliphatic hydroxyl groups is 2. The lowest BCUT2D eigenvalue weighted by molar-refractivity contribution is -0.0321. The Morgan fingerprint density at radius 2 is 2.07 bits per heavy atom. The van der Waals surface area contributed by atoms with Gasteiger partial charge in [-0.15, -0.1) is 0 Å². The summed E-state index contributed by atoms with van der Waals surface area (Å²) >= 11 is 0. The SMILES string of the molecule is C[C@@H](CO)C1CCC2C(O)CCCC21C. The Bertz CT molecular complexity index is 229. The van der Waals surface area contributed by atoms with Crippen LogP contribution in [0.25, 0.3) is 0 Å². The van der Waals surface area contributed by atoms with Crippen LogP contribution in [-0.4, -0.2) is 22.9 Å². The molecule has 15 heavy (non-hydrogen) atoms. The third kappa shape index (κ3) is 1.72. The summed E-state index contributed by atoms with van der Waals surface area (Å²) in [6.07, 6.45) is 5.65. The van der Waals surface area contributed by atoms with Crippen molar-refractivity contribution in [2.45, 2.75) is 52.1 Å². The van der Waals surface area contributed by atoms with E-state index in [9.17, 15) is 10.2 Å². The molecule has 4 unspecified atom stereocenters. The van der Waals surface area contributed by atoms with Crippen molar-refractivity contribution >= 4 is 0 Å². The van der Waals surface area contributed by atoms with Gasteiger partial charge in [-0.05, 0) is 48.9 Å². The van der Waals surface area contributed by atoms with Gasteiger partial charge < -0.3 is 10.2 Å². The van der Waals surface area contributed by atoms with Crippen molar-refractivity contribution < 1.29 is 10.2 Å². The van der Waals surface area contributed by atoms with Crippen molar-refractivity contribution in [1.29, 1.82) is 0 Å². The van der Waals surface area contributed by atoms with Gasteiger partial charge in [0.15, 0.2) is 0 Å². The van der Waals surface area contributed by atoms with Gasteiger partial charge in [0.2, 0.25) is 0 Å². The Labute approximate surface area is 92.7 Å². The predicted octanol–water partition coefficient (Wildman–Crippen LogP) is 2.19. The number of rotatable bonds is 2. The van der Waals surface area contributed by atoms with Gasteiger partial charge in [0, 0.05) is 6.61 Å². The van der Waals surface area contributed by atoms with E-state index >= 15 is 0 Å². The lowest BCUT2D eigenvalue weighted by Crippen LogP contribution is -2.41. The standard InChI is InChI=1S/C13H24O2/c1-9(8-14)10-5-6-11-12(15)4-3-7-13(10,11)2/h9-12,14-15H,3-8H2,1-2H3/t9-,10?,11?,12?,13?/m0/s1. The topological polar surface area (TPSA) is 40.5 Å². The zero-order valence-corrected chi connectivity index (χ0v) is 9.95. The maximum atomic E-state index is 10.1. The molecule has 2 N–H and O–H groups in total. The van der Waals surface area contributed by atoms with Crippen LogP contribution in [-0.2, 0) is 0 Å². The lowest BCUT2D eigenvalue weighted by Gasteiger charge is -2.45. The molecule has 0 radical (unpaired) electrons. The first kappa shape index (κ1) is 11.4. The van der Waals surface area contributed by atoms with Crippen LogP contribution in [0.4, 0.5) is 0 Å². The second kappa shape index (κ2) is 4.06. The minimum Gasteiger partial charge on any atom is -0.396 e. The van der Waals surface area contributed by atoms with Gasteiger partial charge in [0.1, 0.15) is 0 Å². The normalized spacial score (nSPS) is 47.6. The van der Waals surface area contributed by atoms with E-state index in [1.54, 1.807) is 0 Å². The maximum absolute atomic E-state index is 10.1. The summed E-state index contributed by atoms with van der Waals surface area (Å²) in [6, 6.07) is 0. The van der Waals surface area contributed by atoms with Crippen molar-refractivity contribution in [1.82, 2.24) is 0 Å². The highest BCUT2D eigenvalue weighted by molar-refractivity contribution is 5.01. The van der Waals surface area contributed by atoms with E-state index in [2.05, 4.69) is 13.8 Å². The van der Waals surface area contributed by atoms with Crippen LogP contribution in [0.2, 0.25) is 0 Å². The molecule has 0 aromatic rings. The highest BCUT2D eigenvalue weighted by atomic mass is 16.3. The average Bonchev–Trinajstić information content (AvgIpc) is 2.56. The van der Waals surface area contributed by atoms with Crippen molar-refractivity contribution in [3.63, 3.8) is 0 Å². The average molecular weight is 212 g/mol. The van der Waals surface area contributed by atoms with Crippen molar-refractivity contribution in [2.75, 3.05) is 6.61 Å². The molecule has 0 heterocycles. The number of aliphatic hydroxyl groups excluding tert-OH is 2. The fraction of sp³-hybridized carbons (Fsp3) is 1.00. The first-order chi connectivity index (χ1) is 7.09. The van der Waals surface area contributed by atoms with Gasteiger partial charge in [-0.2, -0.15) is 0 Å². The molecule has 2 aliphatic carbocycles. The van der Waals surface area contributed by atoms with E-state index in [1.807, 2.05) is 0 Å². The molecule has 0 amide bonds. The Balaban J connectivity index is 2.17. The molecular weight excluding hydrogens is 188 g/mol. The van der Waals surface area contributed by atoms with Crippen LogP contribution >= 0.6 is 0 Å². The van der Waals surface area contributed by atoms with Crippen molar-refractivity contribution in [3.05, 3.63) is 0 Å². The van der Waals surface area contributed by atoms with E-state index in [1.165, 1.54) is 12.8 Å². The summed E-state index contributed by atoms with van der Waals surface area (Å²) in [4.78, 5) is 0. The monoisotopic (exact) mass is 212 g/mol. The summed E-state index contributed by atoms with van der Waals surface area (Å²) in [5, 5.41) is 19.4. The molecule has 2 heteroatoms. The zero-order valence-electron chi connectivity index (χ0n) is 9.95. The van der Waals surface area contributed by atoms with E-state index < -0.39 is 0 Å². The van der Waals surface area contributed by atoms with Gasteiger partial charge in [0.05, 0.1) is 6.10 Å². The van der Waals surface area contributed by atoms with Gasteiger partial charge in [-0.1, -0.05) is 20.3 Å². The molecule has 5 atom stereocenters. The van der Waals surface area contributed by atoms with Crippen LogP contribution in [0.3, 0.4) is 0 Å². The molecule has 0 aromatic heterocycles. The molecule has 0 saturated heterocycles. The van der Waals surface area contributed by atoms with Crippen molar-refractivity contribution in [3.8, 4) is 0 Å². The summed E-state index contributed by atoms with van der Waals surface area (Å²) < 4.78 is 0. The summed E-state index contributed by atoms with van der Waals surface area (Å²) in [5.41, 5.74) is 0.291. The zero-order chi connectivity index (χ0) is 11.1. The molecule has 2 aliphatic rings. The van der Waals surface area contributed by atoms with E-state index in [4.69, 9.17) is 0 Å². The van der Waals surface area contributed by atoms with Crippen molar-refractivity contribution in [2.24, 2.45) is 23.2 Å². The molecule has 0 spiro atoms. The molecule has 0 aromatic carbocycles. The van der Waals surface area contributed by atoms with Gasteiger partial charge in [-0.25, -0.2) is 0 Å². The highest BCUT2D eigenvalue weighted by Gasteiger charge is 2.51. The summed E-state index contributed by atoms with van der Waals surface area (Å²) in [6.45, 7) is 4.78. The third-order valence-corrected chi connectivity index (χ3v) is 5.14. The molecule has 2 nitrogen and oxygen atoms in total. The highest BCUT2D eigenvalue weighted by Crippen LogP contribution is 2.57. The number of fused-ring (bicyclic) bond motifs is 1. The minimum atomic E-state index is -0.0837. The second-order valence-corrected chi connectivity index (χ2v) is 5.92. The van der Waals surface area contributed by atoms with Gasteiger partial charge >= 0.3 is 0 Å². The summed E-state index contributed by atoms with van der Waals surface area (Å²) in [7, 11) is 0. The fourth-order valence-electron chi connectivity index (χ4n) is 4.25. The molecular formula is C13H24O2. The van der Waals surface area contributed by atoms with Crippen LogP contribution in [0.5, 0.6) is 0 Å². The lowest BCUT2D eigenvalue weighted by atomic mass is 9.62. The van der Waals surface area contributed by atoms with Crippen LogP contribution < -0.4 is 0 Å². The molecule has 0 bridgehead atoms. The first-order valence-electron chi connectivity index (χ1n) is 6.38. The van der Waals surface area contributed by atoms with E-state index in [0.717, 1.165) is 19.3 Å². The quantitative estimate of drug-likeness (QED) is 0.736. The molecule has 2 rings (SSSR count). The third-order valence-electron chi connectivity index (χ3n) is 5.14. The Morgan fingerprint density at radius 1 is 1.33 bits per heavy atom. The minimum absolute atomic E-state index is 0.0837. The summed E-state index contributed by atoms with van der Waals surface area (Å²) in [5.74, 6) is 1.50. The predicted molar refractivity (Wildman–Crippen MR) is 60.4 cm³/mol. The molecule has 2 saturated carbocycles. The molecule has 88 valence electrons. The van der Waals surface area contributed by atoms with Crippen LogP contribution in [0, 0.1) is 23.2 Å². The maximum Gasteiger partial charge on any atom is 0.0573 e. The smallest absolute Gasteiger partial charge is 0.0573 e. The Morgan fingerprint density at radius 3 is 2.73 bits per heavy atom. The van der Waals surface area contributed by atoms with Gasteiger partial charge in [0.25, 0.3) is 0 Å². The fourth-order valence-corrected chi connectivity index (χ4v) is 4.25. The Kier molecular flexibility index (Phi) is 3.09. The first-order valence-corrected chi connectivity index (χ1v) is 6.38. The van der Waals surface area contributed by atoms with Crippen LogP contribution in [0.15, 0.2) is 0 Å².